The molecular formula is C10H16N2O5S2. The van der Waals surface area contributed by atoms with E-state index in [-0.39, 0.29) is 16.4 Å². The molecule has 5 N–H and O–H groups in total. The zero-order valence-corrected chi connectivity index (χ0v) is 11.7. The largest absolute Gasteiger partial charge is 0.396 e. The van der Waals surface area contributed by atoms with Gasteiger partial charge in [0.25, 0.3) is 0 Å². The van der Waals surface area contributed by atoms with Gasteiger partial charge in [0.15, 0.2) is 0 Å². The number of aliphatic hydroxyl groups is 1. The molecule has 0 unspecified atom stereocenters. The molecule has 0 saturated carbocycles. The van der Waals surface area contributed by atoms with Crippen molar-refractivity contribution in [2.45, 2.75) is 29.1 Å². The van der Waals surface area contributed by atoms with E-state index < -0.39 is 20.0 Å². The molecule has 9 heteroatoms. The lowest BCUT2D eigenvalue weighted by atomic mass is 10.1. The van der Waals surface area contributed by atoms with Crippen LogP contribution in [0.25, 0.3) is 0 Å². The molecule has 0 spiro atoms. The second-order valence-corrected chi connectivity index (χ2v) is 7.13. The third-order valence-corrected chi connectivity index (χ3v) is 4.43. The highest BCUT2D eigenvalue weighted by Crippen LogP contribution is 2.20. The molecule has 1 rings (SSSR count). The summed E-state index contributed by atoms with van der Waals surface area (Å²) in [7, 11) is -8.02. The van der Waals surface area contributed by atoms with E-state index in [4.69, 9.17) is 15.4 Å². The molecule has 0 aliphatic rings. The van der Waals surface area contributed by atoms with Crippen LogP contribution < -0.4 is 10.3 Å². The van der Waals surface area contributed by atoms with Gasteiger partial charge in [-0.2, -0.15) is 0 Å². The maximum Gasteiger partial charge on any atom is 0.238 e. The number of hydrogen-bond acceptors (Lipinski definition) is 5. The Morgan fingerprint density at radius 3 is 2.11 bits per heavy atom. The summed E-state index contributed by atoms with van der Waals surface area (Å²) in [5, 5.41) is 18.7. The summed E-state index contributed by atoms with van der Waals surface area (Å²) in [4.78, 5) is -0.556. The van der Waals surface area contributed by atoms with Crippen LogP contribution >= 0.6 is 0 Å². The lowest BCUT2D eigenvalue weighted by molar-refractivity contribution is 0.284. The first-order chi connectivity index (χ1) is 8.66. The van der Waals surface area contributed by atoms with Gasteiger partial charge >= 0.3 is 0 Å². The van der Waals surface area contributed by atoms with Crippen molar-refractivity contribution in [3.63, 3.8) is 0 Å². The zero-order chi connectivity index (χ0) is 14.7. The number of nitrogens with two attached hydrogens (primary N) is 2. The molecule has 7 nitrogen and oxygen atoms in total. The molecule has 0 aromatic heterocycles. The van der Waals surface area contributed by atoms with Gasteiger partial charge in [-0.15, -0.1) is 0 Å². The number of unbranched alkanes of at least 4 members (excludes halogenated alkanes) is 1. The smallest absolute Gasteiger partial charge is 0.238 e. The van der Waals surface area contributed by atoms with Crippen molar-refractivity contribution < 1.29 is 21.9 Å². The van der Waals surface area contributed by atoms with Gasteiger partial charge in [0, 0.05) is 6.61 Å². The molecule has 0 amide bonds. The van der Waals surface area contributed by atoms with Crippen LogP contribution in [0.15, 0.2) is 28.0 Å². The molecular weight excluding hydrogens is 292 g/mol. The highest BCUT2D eigenvalue weighted by molar-refractivity contribution is 7.90. The Hall–Kier alpha value is -1.00. The Bertz CT molecular complexity index is 652. The van der Waals surface area contributed by atoms with Crippen LogP contribution in [-0.2, 0) is 26.5 Å². The minimum atomic E-state index is -4.04. The molecule has 0 bridgehead atoms. The summed E-state index contributed by atoms with van der Waals surface area (Å²) >= 11 is 0. The number of primary sulfonamides is 2. The van der Waals surface area contributed by atoms with Crippen molar-refractivity contribution in [1.82, 2.24) is 0 Å². The van der Waals surface area contributed by atoms with Crippen LogP contribution in [0.1, 0.15) is 18.4 Å². The second-order valence-electron chi connectivity index (χ2n) is 4.04. The minimum absolute atomic E-state index is 0.0000286. The third-order valence-electron chi connectivity index (χ3n) is 2.53. The van der Waals surface area contributed by atoms with Crippen LogP contribution in [0.2, 0.25) is 0 Å². The Kier molecular flexibility index (Phi) is 5.04. The highest BCUT2D eigenvalue weighted by Gasteiger charge is 2.18. The van der Waals surface area contributed by atoms with Crippen molar-refractivity contribution in [3.05, 3.63) is 23.8 Å². The Labute approximate surface area is 112 Å². The standard InChI is InChI=1S/C10H16N2O5S2/c11-18(14,15)9-5-4-8(3-1-2-6-13)10(7-9)19(12,16)17/h4-5,7,13H,1-3,6H2,(H2,11,14,15)(H2,12,16,17). The van der Waals surface area contributed by atoms with E-state index in [1.807, 2.05) is 0 Å². The molecule has 0 atom stereocenters. The van der Waals surface area contributed by atoms with Crippen LogP contribution in [0.4, 0.5) is 0 Å². The highest BCUT2D eigenvalue weighted by atomic mass is 32.2. The van der Waals surface area contributed by atoms with Gasteiger partial charge in [-0.05, 0) is 37.0 Å². The molecule has 0 aliphatic heterocycles. The van der Waals surface area contributed by atoms with Gasteiger partial charge in [-0.1, -0.05) is 6.07 Å². The van der Waals surface area contributed by atoms with Crippen LogP contribution in [0, 0.1) is 0 Å². The molecule has 0 heterocycles. The van der Waals surface area contributed by atoms with E-state index in [1.165, 1.54) is 12.1 Å². The summed E-state index contributed by atoms with van der Waals surface area (Å²) in [6.07, 6.45) is 1.45. The van der Waals surface area contributed by atoms with Gasteiger partial charge < -0.3 is 5.11 Å². The van der Waals surface area contributed by atoms with Gasteiger partial charge in [0.2, 0.25) is 20.0 Å². The first-order valence-electron chi connectivity index (χ1n) is 5.45. The molecule has 108 valence electrons. The summed E-state index contributed by atoms with van der Waals surface area (Å²) in [6.45, 7) is -0.0000286. The summed E-state index contributed by atoms with van der Waals surface area (Å²) < 4.78 is 45.3. The fourth-order valence-electron chi connectivity index (χ4n) is 1.61. The Balaban J connectivity index is 3.26. The Morgan fingerprint density at radius 1 is 1.00 bits per heavy atom. The van der Waals surface area contributed by atoms with Crippen molar-refractivity contribution in [2.75, 3.05) is 6.61 Å². The van der Waals surface area contributed by atoms with Crippen LogP contribution in [-0.4, -0.2) is 28.5 Å². The predicted molar refractivity (Wildman–Crippen MR) is 69.2 cm³/mol. The summed E-state index contributed by atoms with van der Waals surface area (Å²) in [6, 6.07) is 3.56. The first kappa shape index (κ1) is 16.1. The Morgan fingerprint density at radius 2 is 1.63 bits per heavy atom. The zero-order valence-electron chi connectivity index (χ0n) is 10.1. The van der Waals surface area contributed by atoms with Gasteiger partial charge in [0.05, 0.1) is 9.79 Å². The number of aliphatic hydroxyl groups excluding tert-OH is 1. The summed E-state index contributed by atoms with van der Waals surface area (Å²) in [5.74, 6) is 0. The van der Waals surface area contributed by atoms with Crippen molar-refractivity contribution in [2.24, 2.45) is 10.3 Å². The van der Waals surface area contributed by atoms with E-state index in [1.54, 1.807) is 0 Å². The molecule has 1 aromatic rings. The normalized spacial score (nSPS) is 12.6. The second kappa shape index (κ2) is 5.97. The number of hydrogen-bond donors (Lipinski definition) is 3. The van der Waals surface area contributed by atoms with Gasteiger partial charge in [-0.3, -0.25) is 0 Å². The van der Waals surface area contributed by atoms with Gasteiger partial charge in [-0.25, -0.2) is 27.1 Å². The molecule has 0 aliphatic carbocycles. The van der Waals surface area contributed by atoms with E-state index >= 15 is 0 Å². The molecule has 0 fully saturated rings. The maximum absolute atomic E-state index is 11.5. The van der Waals surface area contributed by atoms with E-state index in [2.05, 4.69) is 0 Å². The lowest BCUT2D eigenvalue weighted by Gasteiger charge is -2.09. The average Bonchev–Trinajstić information content (AvgIpc) is 2.27. The summed E-state index contributed by atoms with van der Waals surface area (Å²) in [5.41, 5.74) is 0.406. The van der Waals surface area contributed by atoms with Crippen molar-refractivity contribution >= 4 is 20.0 Å². The number of rotatable bonds is 6. The minimum Gasteiger partial charge on any atom is -0.396 e. The van der Waals surface area contributed by atoms with Crippen LogP contribution in [0.5, 0.6) is 0 Å². The predicted octanol–water partition coefficient (Wildman–Crippen LogP) is -0.704. The maximum atomic E-state index is 11.5. The number of aryl methyl sites for hydroxylation is 1. The van der Waals surface area contributed by atoms with Crippen molar-refractivity contribution in [1.29, 1.82) is 0 Å². The first-order valence-corrected chi connectivity index (χ1v) is 8.55. The molecule has 1 aromatic carbocycles. The van der Waals surface area contributed by atoms with Crippen molar-refractivity contribution in [3.8, 4) is 0 Å². The average molecular weight is 308 g/mol. The third kappa shape index (κ3) is 4.55. The SMILES string of the molecule is NS(=O)(=O)c1ccc(CCCCO)c(S(N)(=O)=O)c1. The van der Waals surface area contributed by atoms with E-state index in [0.717, 1.165) is 6.07 Å². The van der Waals surface area contributed by atoms with Gasteiger partial charge in [0.1, 0.15) is 0 Å². The van der Waals surface area contributed by atoms with E-state index in [9.17, 15) is 16.8 Å². The lowest BCUT2D eigenvalue weighted by Crippen LogP contribution is -2.18. The molecule has 0 saturated heterocycles. The molecule has 19 heavy (non-hydrogen) atoms. The topological polar surface area (TPSA) is 141 Å². The van der Waals surface area contributed by atoms with Crippen LogP contribution in [0.3, 0.4) is 0 Å². The monoisotopic (exact) mass is 308 g/mol. The number of sulfonamides is 2. The van der Waals surface area contributed by atoms with E-state index in [0.29, 0.717) is 24.8 Å². The fraction of sp³-hybridized carbons (Fsp3) is 0.400. The fourth-order valence-corrected chi connectivity index (χ4v) is 3.05. The molecule has 0 radical (unpaired) electrons. The number of benzene rings is 1. The quantitative estimate of drug-likeness (QED) is 0.596.